The van der Waals surface area contributed by atoms with E-state index >= 15 is 0 Å². The van der Waals surface area contributed by atoms with Gasteiger partial charge in [0.25, 0.3) is 0 Å². The molecule has 104 valence electrons. The second kappa shape index (κ2) is 5.38. The maximum atomic E-state index is 12.8. The summed E-state index contributed by atoms with van der Waals surface area (Å²) in [6, 6.07) is 20.9. The van der Waals surface area contributed by atoms with E-state index in [9.17, 15) is 9.90 Å². The van der Waals surface area contributed by atoms with Gasteiger partial charge in [-0.25, -0.2) is 0 Å². The Hall–Kier alpha value is -2.65. The highest BCUT2D eigenvalue weighted by molar-refractivity contribution is 6.03. The molecule has 3 heteroatoms. The van der Waals surface area contributed by atoms with Gasteiger partial charge in [0.05, 0.1) is 6.26 Å². The first-order valence-corrected chi connectivity index (χ1v) is 6.64. The highest BCUT2D eigenvalue weighted by Crippen LogP contribution is 2.33. The minimum Gasteiger partial charge on any atom is -0.461 e. The summed E-state index contributed by atoms with van der Waals surface area (Å²) in [6.07, 6.45) is 1.42. The molecule has 0 fully saturated rings. The van der Waals surface area contributed by atoms with E-state index in [1.165, 1.54) is 6.26 Å². The third kappa shape index (κ3) is 2.28. The van der Waals surface area contributed by atoms with Gasteiger partial charge in [0.1, 0.15) is 0 Å². The first kappa shape index (κ1) is 13.3. The van der Waals surface area contributed by atoms with Gasteiger partial charge in [-0.05, 0) is 23.3 Å². The maximum absolute atomic E-state index is 12.8. The molecular weight excluding hydrogens is 264 g/mol. The summed E-state index contributed by atoms with van der Waals surface area (Å²) in [4.78, 5) is 12.8. The maximum Gasteiger partial charge on any atom is 0.238 e. The molecule has 3 aromatic rings. The number of rotatable bonds is 4. The van der Waals surface area contributed by atoms with Gasteiger partial charge in [-0.1, -0.05) is 60.7 Å². The van der Waals surface area contributed by atoms with Crippen LogP contribution < -0.4 is 0 Å². The summed E-state index contributed by atoms with van der Waals surface area (Å²) >= 11 is 0. The van der Waals surface area contributed by atoms with Gasteiger partial charge in [-0.3, -0.25) is 4.79 Å². The van der Waals surface area contributed by atoms with Gasteiger partial charge in [0, 0.05) is 0 Å². The lowest BCUT2D eigenvalue weighted by Crippen LogP contribution is -2.36. The van der Waals surface area contributed by atoms with E-state index in [1.54, 1.807) is 60.7 Å². The topological polar surface area (TPSA) is 50.4 Å². The Bertz CT molecular complexity index is 676. The van der Waals surface area contributed by atoms with E-state index in [2.05, 4.69) is 0 Å². The summed E-state index contributed by atoms with van der Waals surface area (Å²) in [5.74, 6) is -0.352. The number of aliphatic hydroxyl groups is 1. The quantitative estimate of drug-likeness (QED) is 0.744. The Morgan fingerprint density at radius 3 is 1.76 bits per heavy atom. The third-order valence-corrected chi connectivity index (χ3v) is 3.46. The lowest BCUT2D eigenvalue weighted by molar-refractivity contribution is 0.0458. The van der Waals surface area contributed by atoms with Gasteiger partial charge in [-0.2, -0.15) is 0 Å². The standard InChI is InChI=1S/C18H14O3/c19-17(16-12-7-13-21-16)18(20,14-8-3-1-4-9-14)15-10-5-2-6-11-15/h1-13,20H. The second-order valence-electron chi connectivity index (χ2n) is 4.75. The molecule has 1 N–H and O–H groups in total. The Morgan fingerprint density at radius 1 is 0.810 bits per heavy atom. The fraction of sp³-hybridized carbons (Fsp3) is 0.0556. The van der Waals surface area contributed by atoms with Crippen molar-refractivity contribution in [2.45, 2.75) is 5.60 Å². The van der Waals surface area contributed by atoms with Crippen LogP contribution in [0.3, 0.4) is 0 Å². The van der Waals surface area contributed by atoms with E-state index < -0.39 is 11.4 Å². The van der Waals surface area contributed by atoms with Crippen molar-refractivity contribution in [3.05, 3.63) is 95.9 Å². The zero-order chi connectivity index (χ0) is 14.7. The molecule has 0 saturated carbocycles. The zero-order valence-electron chi connectivity index (χ0n) is 11.3. The normalized spacial score (nSPS) is 11.3. The molecule has 3 nitrogen and oxygen atoms in total. The van der Waals surface area contributed by atoms with Crippen LogP contribution >= 0.6 is 0 Å². The molecule has 1 heterocycles. The predicted octanol–water partition coefficient (Wildman–Crippen LogP) is 3.40. The fourth-order valence-corrected chi connectivity index (χ4v) is 2.37. The smallest absolute Gasteiger partial charge is 0.238 e. The van der Waals surface area contributed by atoms with Gasteiger partial charge < -0.3 is 9.52 Å². The number of ketones is 1. The molecule has 3 rings (SSSR count). The van der Waals surface area contributed by atoms with E-state index in [4.69, 9.17) is 4.42 Å². The van der Waals surface area contributed by atoms with E-state index in [1.807, 2.05) is 12.1 Å². The van der Waals surface area contributed by atoms with Crippen LogP contribution in [0.5, 0.6) is 0 Å². The van der Waals surface area contributed by atoms with Gasteiger partial charge in [0.2, 0.25) is 5.78 Å². The van der Waals surface area contributed by atoms with Crippen molar-refractivity contribution >= 4 is 5.78 Å². The molecular formula is C18H14O3. The van der Waals surface area contributed by atoms with Crippen LogP contribution in [-0.4, -0.2) is 10.9 Å². The van der Waals surface area contributed by atoms with Crippen LogP contribution in [0.4, 0.5) is 0 Å². The molecule has 0 saturated heterocycles. The van der Waals surface area contributed by atoms with Crippen LogP contribution in [0, 0.1) is 0 Å². The summed E-state index contributed by atoms with van der Waals surface area (Å²) in [5.41, 5.74) is -0.740. The van der Waals surface area contributed by atoms with E-state index in [0.717, 1.165) is 0 Å². The second-order valence-corrected chi connectivity index (χ2v) is 4.75. The van der Waals surface area contributed by atoms with Crippen LogP contribution in [0.15, 0.2) is 83.5 Å². The molecule has 0 aliphatic rings. The molecule has 0 spiro atoms. The largest absolute Gasteiger partial charge is 0.461 e. The minimum atomic E-state index is -1.76. The first-order chi connectivity index (χ1) is 10.2. The first-order valence-electron chi connectivity index (χ1n) is 6.64. The van der Waals surface area contributed by atoms with Gasteiger partial charge in [0.15, 0.2) is 11.4 Å². The van der Waals surface area contributed by atoms with Gasteiger partial charge >= 0.3 is 0 Å². The van der Waals surface area contributed by atoms with Crippen molar-refractivity contribution in [2.75, 3.05) is 0 Å². The monoisotopic (exact) mass is 278 g/mol. The van der Waals surface area contributed by atoms with E-state index in [0.29, 0.717) is 11.1 Å². The number of carbonyl (C=O) groups is 1. The zero-order valence-corrected chi connectivity index (χ0v) is 11.3. The van der Waals surface area contributed by atoms with Crippen molar-refractivity contribution in [3.63, 3.8) is 0 Å². The Labute approximate surface area is 122 Å². The third-order valence-electron chi connectivity index (χ3n) is 3.46. The van der Waals surface area contributed by atoms with Crippen molar-refractivity contribution < 1.29 is 14.3 Å². The lowest BCUT2D eigenvalue weighted by Gasteiger charge is -2.26. The van der Waals surface area contributed by atoms with Crippen molar-refractivity contribution in [3.8, 4) is 0 Å². The molecule has 0 bridgehead atoms. The number of carbonyl (C=O) groups excluding carboxylic acids is 1. The molecule has 0 radical (unpaired) electrons. The highest BCUT2D eigenvalue weighted by atomic mass is 16.3. The summed E-state index contributed by atoms with van der Waals surface area (Å²) in [7, 11) is 0. The SMILES string of the molecule is O=C(c1ccco1)C(O)(c1ccccc1)c1ccccc1. The van der Waals surface area contributed by atoms with Crippen LogP contribution in [0.25, 0.3) is 0 Å². The number of hydrogen-bond donors (Lipinski definition) is 1. The lowest BCUT2D eigenvalue weighted by atomic mass is 9.82. The number of Topliss-reactive ketones (excluding diaryl/α,β-unsaturated/α-hetero) is 1. The van der Waals surface area contributed by atoms with Crippen molar-refractivity contribution in [2.24, 2.45) is 0 Å². The molecule has 21 heavy (non-hydrogen) atoms. The summed E-state index contributed by atoms with van der Waals surface area (Å²) in [5, 5.41) is 11.2. The average Bonchev–Trinajstić information content (AvgIpc) is 3.09. The Morgan fingerprint density at radius 2 is 1.33 bits per heavy atom. The number of benzene rings is 2. The van der Waals surface area contributed by atoms with Crippen LogP contribution in [-0.2, 0) is 5.60 Å². The number of hydrogen-bond acceptors (Lipinski definition) is 3. The van der Waals surface area contributed by atoms with Crippen LogP contribution in [0.2, 0.25) is 0 Å². The fourth-order valence-electron chi connectivity index (χ4n) is 2.37. The molecule has 1 aromatic heterocycles. The van der Waals surface area contributed by atoms with Crippen LogP contribution in [0.1, 0.15) is 21.7 Å². The van der Waals surface area contributed by atoms with E-state index in [-0.39, 0.29) is 5.76 Å². The molecule has 0 atom stereocenters. The predicted molar refractivity (Wildman–Crippen MR) is 78.9 cm³/mol. The average molecular weight is 278 g/mol. The molecule has 0 amide bonds. The molecule has 0 unspecified atom stereocenters. The molecule has 2 aromatic carbocycles. The Balaban J connectivity index is 2.18. The number of furan rings is 1. The minimum absolute atomic E-state index is 0.130. The highest BCUT2D eigenvalue weighted by Gasteiger charge is 2.41. The molecule has 0 aliphatic heterocycles. The Kier molecular flexibility index (Phi) is 3.42. The van der Waals surface area contributed by atoms with Gasteiger partial charge in [-0.15, -0.1) is 0 Å². The molecule has 0 aliphatic carbocycles. The van der Waals surface area contributed by atoms with Crippen molar-refractivity contribution in [1.82, 2.24) is 0 Å². The summed E-state index contributed by atoms with van der Waals surface area (Å²) < 4.78 is 5.17. The summed E-state index contributed by atoms with van der Waals surface area (Å²) in [6.45, 7) is 0. The van der Waals surface area contributed by atoms with Crippen molar-refractivity contribution in [1.29, 1.82) is 0 Å².